The molecule has 0 saturated carbocycles. The van der Waals surface area contributed by atoms with E-state index in [1.807, 2.05) is 30.3 Å². The first-order chi connectivity index (χ1) is 7.58. The number of benzene rings is 1. The molecule has 1 aromatic rings. The Labute approximate surface area is 96.7 Å². The lowest BCUT2D eigenvalue weighted by Crippen LogP contribution is -2.23. The number of hydrogen-bond acceptors (Lipinski definition) is 3. The molecular weight excluding hydrogens is 226 g/mol. The Bertz CT molecular complexity index is 389. The first kappa shape index (κ1) is 13.2. The van der Waals surface area contributed by atoms with Crippen LogP contribution in [0.15, 0.2) is 30.3 Å². The highest BCUT2D eigenvalue weighted by Crippen LogP contribution is 2.00. The lowest BCUT2D eigenvalue weighted by molar-refractivity contribution is 0.119. The van der Waals surface area contributed by atoms with E-state index < -0.39 is 10.0 Å². The zero-order chi connectivity index (χ0) is 11.9. The van der Waals surface area contributed by atoms with Crippen molar-refractivity contribution in [1.82, 2.24) is 4.72 Å². The van der Waals surface area contributed by atoms with Crippen molar-refractivity contribution in [3.05, 3.63) is 35.9 Å². The fourth-order valence-electron chi connectivity index (χ4n) is 1.20. The Morgan fingerprint density at radius 3 is 2.56 bits per heavy atom. The van der Waals surface area contributed by atoms with Crippen LogP contribution < -0.4 is 4.72 Å². The van der Waals surface area contributed by atoms with Gasteiger partial charge in [0.15, 0.2) is 0 Å². The molecule has 90 valence electrons. The quantitative estimate of drug-likeness (QED) is 0.731. The second kappa shape index (κ2) is 6.62. The molecule has 0 radical (unpaired) electrons. The van der Waals surface area contributed by atoms with Crippen LogP contribution in [-0.4, -0.2) is 27.8 Å². The molecule has 0 saturated heterocycles. The maximum Gasteiger partial charge on any atom is 0.208 e. The number of hydrogen-bond donors (Lipinski definition) is 1. The van der Waals surface area contributed by atoms with E-state index >= 15 is 0 Å². The minimum Gasteiger partial charge on any atom is -0.377 e. The molecule has 0 heterocycles. The Hall–Kier alpha value is -0.910. The summed E-state index contributed by atoms with van der Waals surface area (Å²) in [4.78, 5) is 0. The van der Waals surface area contributed by atoms with Crippen LogP contribution in [0.2, 0.25) is 0 Å². The molecule has 0 aliphatic carbocycles. The van der Waals surface area contributed by atoms with Crippen molar-refractivity contribution in [2.75, 3.05) is 19.4 Å². The zero-order valence-electron chi connectivity index (χ0n) is 9.35. The SMILES string of the molecule is CS(=O)(=O)NCCCOCc1ccccc1. The Morgan fingerprint density at radius 1 is 1.25 bits per heavy atom. The molecular formula is C11H17NO3S. The zero-order valence-corrected chi connectivity index (χ0v) is 10.2. The largest absolute Gasteiger partial charge is 0.377 e. The summed E-state index contributed by atoms with van der Waals surface area (Å²) >= 11 is 0. The topological polar surface area (TPSA) is 55.4 Å². The highest BCUT2D eigenvalue weighted by Gasteiger charge is 1.98. The van der Waals surface area contributed by atoms with Gasteiger partial charge in [-0.1, -0.05) is 30.3 Å². The van der Waals surface area contributed by atoms with Crippen LogP contribution in [0.3, 0.4) is 0 Å². The minimum atomic E-state index is -3.07. The molecule has 4 nitrogen and oxygen atoms in total. The van der Waals surface area contributed by atoms with Crippen LogP contribution in [0.5, 0.6) is 0 Å². The lowest BCUT2D eigenvalue weighted by Gasteiger charge is -2.04. The Balaban J connectivity index is 2.05. The Morgan fingerprint density at radius 2 is 1.94 bits per heavy atom. The Kier molecular flexibility index (Phi) is 5.45. The predicted octanol–water partition coefficient (Wildman–Crippen LogP) is 1.14. The molecule has 0 spiro atoms. The minimum absolute atomic E-state index is 0.424. The fraction of sp³-hybridized carbons (Fsp3) is 0.455. The van der Waals surface area contributed by atoms with Crippen molar-refractivity contribution in [3.63, 3.8) is 0 Å². The smallest absolute Gasteiger partial charge is 0.208 e. The van der Waals surface area contributed by atoms with Gasteiger partial charge in [0.25, 0.3) is 0 Å². The molecule has 0 bridgehead atoms. The van der Waals surface area contributed by atoms with E-state index in [1.165, 1.54) is 0 Å². The summed E-state index contributed by atoms with van der Waals surface area (Å²) in [7, 11) is -3.07. The maximum atomic E-state index is 10.7. The van der Waals surface area contributed by atoms with Gasteiger partial charge in [0.1, 0.15) is 0 Å². The average molecular weight is 243 g/mol. The average Bonchev–Trinajstić information content (AvgIpc) is 2.23. The number of nitrogens with one attached hydrogen (secondary N) is 1. The van der Waals surface area contributed by atoms with Gasteiger partial charge >= 0.3 is 0 Å². The molecule has 0 unspecified atom stereocenters. The summed E-state index contributed by atoms with van der Waals surface area (Å²) in [6, 6.07) is 9.87. The summed E-state index contributed by atoms with van der Waals surface area (Å²) in [6.07, 6.45) is 1.83. The van der Waals surface area contributed by atoms with Crippen LogP contribution >= 0.6 is 0 Å². The third-order valence-electron chi connectivity index (χ3n) is 1.94. The van der Waals surface area contributed by atoms with Crippen molar-refractivity contribution in [3.8, 4) is 0 Å². The first-order valence-corrected chi connectivity index (χ1v) is 7.03. The van der Waals surface area contributed by atoms with Crippen LogP contribution in [0.1, 0.15) is 12.0 Å². The molecule has 0 aliphatic heterocycles. The molecule has 16 heavy (non-hydrogen) atoms. The van der Waals surface area contributed by atoms with Gasteiger partial charge in [-0.2, -0.15) is 0 Å². The molecule has 1 aromatic carbocycles. The summed E-state index contributed by atoms with van der Waals surface area (Å²) in [6.45, 7) is 1.55. The van der Waals surface area contributed by atoms with E-state index in [0.717, 1.165) is 11.8 Å². The number of rotatable bonds is 7. The van der Waals surface area contributed by atoms with Gasteiger partial charge in [-0.3, -0.25) is 0 Å². The molecule has 1 rings (SSSR count). The number of sulfonamides is 1. The third-order valence-corrected chi connectivity index (χ3v) is 2.67. The first-order valence-electron chi connectivity index (χ1n) is 5.14. The highest BCUT2D eigenvalue weighted by atomic mass is 32.2. The summed E-state index contributed by atoms with van der Waals surface area (Å²) in [5.74, 6) is 0. The van der Waals surface area contributed by atoms with Gasteiger partial charge in [-0.25, -0.2) is 13.1 Å². The van der Waals surface area contributed by atoms with Gasteiger partial charge in [-0.15, -0.1) is 0 Å². The summed E-state index contributed by atoms with van der Waals surface area (Å²) in [5, 5.41) is 0. The predicted molar refractivity (Wildman–Crippen MR) is 63.6 cm³/mol. The van der Waals surface area contributed by atoms with E-state index in [1.54, 1.807) is 0 Å². The van der Waals surface area contributed by atoms with Crippen molar-refractivity contribution < 1.29 is 13.2 Å². The van der Waals surface area contributed by atoms with Crippen LogP contribution in [-0.2, 0) is 21.4 Å². The lowest BCUT2D eigenvalue weighted by atomic mass is 10.2. The van der Waals surface area contributed by atoms with Crippen molar-refractivity contribution in [2.24, 2.45) is 0 Å². The molecule has 0 atom stereocenters. The van der Waals surface area contributed by atoms with Crippen molar-refractivity contribution in [1.29, 1.82) is 0 Å². The standard InChI is InChI=1S/C11H17NO3S/c1-16(13,14)12-8-5-9-15-10-11-6-3-2-4-7-11/h2-4,6-7,12H,5,8-10H2,1H3. The number of ether oxygens (including phenoxy) is 1. The second-order valence-electron chi connectivity index (χ2n) is 3.56. The van der Waals surface area contributed by atoms with E-state index in [-0.39, 0.29) is 0 Å². The van der Waals surface area contributed by atoms with E-state index in [9.17, 15) is 8.42 Å². The van der Waals surface area contributed by atoms with Gasteiger partial charge < -0.3 is 4.74 Å². The maximum absolute atomic E-state index is 10.7. The van der Waals surface area contributed by atoms with E-state index in [0.29, 0.717) is 26.2 Å². The monoisotopic (exact) mass is 243 g/mol. The van der Waals surface area contributed by atoms with Gasteiger partial charge in [0.05, 0.1) is 12.9 Å². The van der Waals surface area contributed by atoms with Crippen LogP contribution in [0.4, 0.5) is 0 Å². The van der Waals surface area contributed by atoms with Gasteiger partial charge in [-0.05, 0) is 12.0 Å². The van der Waals surface area contributed by atoms with Crippen LogP contribution in [0, 0.1) is 0 Å². The van der Waals surface area contributed by atoms with Gasteiger partial charge in [0, 0.05) is 13.2 Å². The molecule has 0 aliphatic rings. The molecule has 0 amide bonds. The normalized spacial score (nSPS) is 11.6. The second-order valence-corrected chi connectivity index (χ2v) is 5.39. The van der Waals surface area contributed by atoms with Crippen molar-refractivity contribution in [2.45, 2.75) is 13.0 Å². The molecule has 0 aromatic heterocycles. The molecule has 5 heteroatoms. The third kappa shape index (κ3) is 6.55. The molecule has 1 N–H and O–H groups in total. The molecule has 0 fully saturated rings. The van der Waals surface area contributed by atoms with Crippen LogP contribution in [0.25, 0.3) is 0 Å². The van der Waals surface area contributed by atoms with Gasteiger partial charge in [0.2, 0.25) is 10.0 Å². The fourth-order valence-corrected chi connectivity index (χ4v) is 1.71. The summed E-state index contributed by atoms with van der Waals surface area (Å²) in [5.41, 5.74) is 1.12. The van der Waals surface area contributed by atoms with Crippen molar-refractivity contribution >= 4 is 10.0 Å². The van der Waals surface area contributed by atoms with E-state index in [4.69, 9.17) is 4.74 Å². The van der Waals surface area contributed by atoms with E-state index in [2.05, 4.69) is 4.72 Å². The summed E-state index contributed by atoms with van der Waals surface area (Å²) < 4.78 is 29.3. The highest BCUT2D eigenvalue weighted by molar-refractivity contribution is 7.88.